The number of imidazole rings is 1. The number of benzene rings is 2. The predicted molar refractivity (Wildman–Crippen MR) is 147 cm³/mol. The number of anilines is 3. The summed E-state index contributed by atoms with van der Waals surface area (Å²) in [5.74, 6) is 2.86. The number of nitrogens with one attached hydrogen (secondary N) is 2. The normalized spacial score (nSPS) is 15.5. The van der Waals surface area contributed by atoms with Gasteiger partial charge in [0.05, 0.1) is 23.6 Å². The number of aryl methyl sites for hydroxylation is 2. The lowest BCUT2D eigenvalue weighted by Crippen LogP contribution is -2.49. The Labute approximate surface area is 220 Å². The lowest BCUT2D eigenvalue weighted by molar-refractivity contribution is 0.479. The third kappa shape index (κ3) is 4.98. The number of halogens is 1. The average Bonchev–Trinajstić information content (AvgIpc) is 3.25. The van der Waals surface area contributed by atoms with Crippen LogP contribution in [-0.4, -0.2) is 55.2 Å². The zero-order chi connectivity index (χ0) is 24.6. The van der Waals surface area contributed by atoms with Gasteiger partial charge in [0.25, 0.3) is 0 Å². The minimum Gasteiger partial charge on any atom is -0.457 e. The summed E-state index contributed by atoms with van der Waals surface area (Å²) in [5, 5.41) is 6.85. The van der Waals surface area contributed by atoms with Gasteiger partial charge in [-0.15, -0.1) is 12.4 Å². The highest BCUT2D eigenvalue weighted by atomic mass is 35.5. The van der Waals surface area contributed by atoms with Crippen molar-refractivity contribution >= 4 is 51.9 Å². The highest BCUT2D eigenvalue weighted by Crippen LogP contribution is 2.31. The number of ether oxygens (including phenoxy) is 1. The monoisotopic (exact) mass is 517 g/mol. The summed E-state index contributed by atoms with van der Waals surface area (Å²) in [6.45, 7) is 6.80. The van der Waals surface area contributed by atoms with Gasteiger partial charge in [0.15, 0.2) is 5.82 Å². The molecule has 0 bridgehead atoms. The molecule has 6 rings (SSSR count). The molecule has 1 atom stereocenters. The van der Waals surface area contributed by atoms with Gasteiger partial charge in [0.1, 0.15) is 28.9 Å². The molecule has 0 saturated carbocycles. The summed E-state index contributed by atoms with van der Waals surface area (Å²) in [6, 6.07) is 12.3. The van der Waals surface area contributed by atoms with Crippen LogP contribution in [0.2, 0.25) is 0 Å². The molecule has 2 aromatic carbocycles. The first-order chi connectivity index (χ1) is 17.5. The second kappa shape index (κ2) is 10.2. The Morgan fingerprint density at radius 2 is 1.95 bits per heavy atom. The van der Waals surface area contributed by atoms with Gasteiger partial charge in [-0.05, 0) is 49.7 Å². The van der Waals surface area contributed by atoms with Crippen molar-refractivity contribution in [2.24, 2.45) is 7.05 Å². The first-order valence-electron chi connectivity index (χ1n) is 12.0. The summed E-state index contributed by atoms with van der Waals surface area (Å²) in [7, 11) is 1.98. The van der Waals surface area contributed by atoms with Crippen molar-refractivity contribution in [2.75, 3.05) is 29.9 Å². The van der Waals surface area contributed by atoms with Crippen LogP contribution in [-0.2, 0) is 7.05 Å². The predicted octanol–water partition coefficient (Wildman–Crippen LogP) is 4.37. The van der Waals surface area contributed by atoms with Crippen molar-refractivity contribution in [3.05, 3.63) is 60.8 Å². The fraction of sp³-hybridized carbons (Fsp3) is 0.269. The van der Waals surface area contributed by atoms with E-state index in [1.54, 1.807) is 12.5 Å². The Morgan fingerprint density at radius 3 is 2.78 bits per heavy atom. The van der Waals surface area contributed by atoms with E-state index in [0.717, 1.165) is 53.4 Å². The van der Waals surface area contributed by atoms with Crippen molar-refractivity contribution in [1.82, 2.24) is 34.8 Å². The van der Waals surface area contributed by atoms with Crippen LogP contribution in [0.3, 0.4) is 0 Å². The van der Waals surface area contributed by atoms with E-state index in [4.69, 9.17) is 9.72 Å². The van der Waals surface area contributed by atoms with Gasteiger partial charge >= 0.3 is 0 Å². The van der Waals surface area contributed by atoms with E-state index in [-0.39, 0.29) is 12.4 Å². The van der Waals surface area contributed by atoms with E-state index in [0.29, 0.717) is 28.8 Å². The van der Waals surface area contributed by atoms with E-state index in [2.05, 4.69) is 42.4 Å². The molecule has 190 valence electrons. The fourth-order valence-electron chi connectivity index (χ4n) is 4.49. The molecule has 1 fully saturated rings. The summed E-state index contributed by atoms with van der Waals surface area (Å²) >= 11 is 0. The zero-order valence-corrected chi connectivity index (χ0v) is 21.7. The zero-order valence-electron chi connectivity index (χ0n) is 20.8. The fourth-order valence-corrected chi connectivity index (χ4v) is 4.49. The van der Waals surface area contributed by atoms with Crippen LogP contribution in [0.15, 0.2) is 55.2 Å². The van der Waals surface area contributed by atoms with E-state index in [9.17, 15) is 0 Å². The van der Waals surface area contributed by atoms with Crippen LogP contribution >= 0.6 is 12.4 Å². The van der Waals surface area contributed by atoms with Gasteiger partial charge in [-0.2, -0.15) is 0 Å². The molecule has 0 amide bonds. The highest BCUT2D eigenvalue weighted by Gasteiger charge is 2.19. The van der Waals surface area contributed by atoms with Gasteiger partial charge in [0.2, 0.25) is 5.95 Å². The van der Waals surface area contributed by atoms with Crippen molar-refractivity contribution in [1.29, 1.82) is 0 Å². The summed E-state index contributed by atoms with van der Waals surface area (Å²) < 4.78 is 8.15. The van der Waals surface area contributed by atoms with Gasteiger partial charge in [-0.3, -0.25) is 0 Å². The standard InChI is InChI=1S/C26H27N9O.ClH/c1-16-10-18(4-7-23(16)36-19-5-6-22-20(11-19)31-15-34(22)3)32-25-24-21(29-14-30-25)12-28-26(33-24)35-9-8-27-17(2)13-35;/h4-7,10-12,14-15,17,27H,8-9,13H2,1-3H3,(H,29,30,32);1H/t17-;/m1./s1. The number of hydrogen-bond donors (Lipinski definition) is 2. The Kier molecular flexibility index (Phi) is 6.77. The minimum atomic E-state index is 0. The SMILES string of the molecule is Cc1cc(Nc2ncnc3cnc(N4CCN[C@H](C)C4)nc23)ccc1Oc1ccc2c(c1)ncn2C.Cl. The van der Waals surface area contributed by atoms with Crippen LogP contribution < -0.4 is 20.3 Å². The molecule has 1 saturated heterocycles. The lowest BCUT2D eigenvalue weighted by Gasteiger charge is -2.31. The highest BCUT2D eigenvalue weighted by molar-refractivity contribution is 5.87. The Morgan fingerprint density at radius 1 is 1.05 bits per heavy atom. The molecule has 37 heavy (non-hydrogen) atoms. The number of rotatable bonds is 5. The van der Waals surface area contributed by atoms with Crippen LogP contribution in [0.25, 0.3) is 22.1 Å². The number of piperazine rings is 1. The number of nitrogens with zero attached hydrogens (tertiary/aromatic N) is 7. The maximum atomic E-state index is 6.16. The summed E-state index contributed by atoms with van der Waals surface area (Å²) in [4.78, 5) is 24.8. The molecule has 11 heteroatoms. The Hall–Kier alpha value is -4.02. The summed E-state index contributed by atoms with van der Waals surface area (Å²) in [6.07, 6.45) is 5.09. The van der Waals surface area contributed by atoms with Crippen molar-refractivity contribution in [3.63, 3.8) is 0 Å². The molecule has 3 aromatic heterocycles. The third-order valence-electron chi connectivity index (χ3n) is 6.38. The molecule has 1 aliphatic rings. The van der Waals surface area contributed by atoms with Crippen LogP contribution in [0.5, 0.6) is 11.5 Å². The maximum Gasteiger partial charge on any atom is 0.226 e. The third-order valence-corrected chi connectivity index (χ3v) is 6.38. The van der Waals surface area contributed by atoms with Crippen LogP contribution in [0.1, 0.15) is 12.5 Å². The molecule has 4 heterocycles. The van der Waals surface area contributed by atoms with Gasteiger partial charge < -0.3 is 24.8 Å². The first-order valence-corrected chi connectivity index (χ1v) is 12.0. The number of fused-ring (bicyclic) bond motifs is 2. The molecular formula is C26H28ClN9O. The van der Waals surface area contributed by atoms with Crippen LogP contribution in [0, 0.1) is 6.92 Å². The molecule has 0 aliphatic carbocycles. The molecular weight excluding hydrogens is 490 g/mol. The van der Waals surface area contributed by atoms with Crippen molar-refractivity contribution in [3.8, 4) is 11.5 Å². The molecule has 0 radical (unpaired) electrons. The van der Waals surface area contributed by atoms with E-state index >= 15 is 0 Å². The second-order valence-electron chi connectivity index (χ2n) is 9.14. The van der Waals surface area contributed by atoms with Crippen molar-refractivity contribution in [2.45, 2.75) is 19.9 Å². The molecule has 2 N–H and O–H groups in total. The smallest absolute Gasteiger partial charge is 0.226 e. The number of aromatic nitrogens is 6. The van der Waals surface area contributed by atoms with E-state index in [1.165, 1.54) is 6.33 Å². The van der Waals surface area contributed by atoms with Gasteiger partial charge in [0, 0.05) is 44.5 Å². The van der Waals surface area contributed by atoms with E-state index in [1.807, 2.05) is 54.9 Å². The van der Waals surface area contributed by atoms with Gasteiger partial charge in [-0.25, -0.2) is 24.9 Å². The Balaban J connectivity index is 0.00000280. The van der Waals surface area contributed by atoms with Crippen LogP contribution in [0.4, 0.5) is 17.5 Å². The molecule has 0 unspecified atom stereocenters. The Bertz CT molecular complexity index is 1570. The topological polar surface area (TPSA) is 106 Å². The van der Waals surface area contributed by atoms with Gasteiger partial charge in [-0.1, -0.05) is 0 Å². The molecule has 5 aromatic rings. The minimum absolute atomic E-state index is 0. The summed E-state index contributed by atoms with van der Waals surface area (Å²) in [5.41, 5.74) is 5.23. The average molecular weight is 518 g/mol. The molecule has 1 aliphatic heterocycles. The maximum absolute atomic E-state index is 6.16. The van der Waals surface area contributed by atoms with Crippen molar-refractivity contribution < 1.29 is 4.74 Å². The quantitative estimate of drug-likeness (QED) is 0.351. The molecule has 10 nitrogen and oxygen atoms in total. The first kappa shape index (κ1) is 24.7. The largest absolute Gasteiger partial charge is 0.457 e. The second-order valence-corrected chi connectivity index (χ2v) is 9.14. The van der Waals surface area contributed by atoms with E-state index < -0.39 is 0 Å². The number of hydrogen-bond acceptors (Lipinski definition) is 9. The molecule has 0 spiro atoms. The lowest BCUT2D eigenvalue weighted by atomic mass is 10.2.